The number of unbranched alkanes of at least 4 members (excludes halogenated alkanes) is 14. The summed E-state index contributed by atoms with van der Waals surface area (Å²) >= 11 is 0. The molecule has 1 N–H and O–H groups in total. The number of aliphatic hydroxyl groups is 1. The topological polar surface area (TPSA) is 80.6 Å². The first-order valence-corrected chi connectivity index (χ1v) is 13.7. The molecule has 1 spiro atoms. The van der Waals surface area contributed by atoms with Crippen LogP contribution in [0.3, 0.4) is 0 Å². The highest BCUT2D eigenvalue weighted by atomic mass is 31.2. The van der Waals surface area contributed by atoms with Gasteiger partial charge in [0.25, 0.3) is 0 Å². The van der Waals surface area contributed by atoms with Crippen LogP contribution in [0.25, 0.3) is 0 Å². The van der Waals surface area contributed by atoms with Crippen molar-refractivity contribution in [2.24, 2.45) is 4.99 Å². The SMILES string of the molecule is CCCCCCCCCCCCCCCCCC1=NC23OP(=O)(OC2N1C(C)O)O3. The summed E-state index contributed by atoms with van der Waals surface area (Å²) < 4.78 is 27.7. The molecule has 4 heterocycles. The Morgan fingerprint density at radius 2 is 1.40 bits per heavy atom. The molecule has 0 aromatic carbocycles. The number of amidine groups is 1. The molecule has 4 aliphatic rings. The Kier molecular flexibility index (Phi) is 9.21. The minimum Gasteiger partial charge on any atom is -0.374 e. The number of aliphatic imine (C=N–C) groups is 1. The van der Waals surface area contributed by atoms with Gasteiger partial charge in [0.15, 0.2) is 0 Å². The van der Waals surface area contributed by atoms with Crippen molar-refractivity contribution >= 4 is 13.7 Å². The number of hydrogen-bond acceptors (Lipinski definition) is 7. The summed E-state index contributed by atoms with van der Waals surface area (Å²) in [6, 6.07) is 0. The zero-order chi connectivity index (χ0) is 21.5. The molecule has 8 heteroatoms. The van der Waals surface area contributed by atoms with Crippen molar-refractivity contribution in [2.45, 2.75) is 135 Å². The number of rotatable bonds is 17. The van der Waals surface area contributed by atoms with Crippen LogP contribution in [-0.2, 0) is 18.1 Å². The summed E-state index contributed by atoms with van der Waals surface area (Å²) in [5.74, 6) is -0.590. The minimum absolute atomic E-state index is 0.718. The lowest BCUT2D eigenvalue weighted by Gasteiger charge is -2.29. The van der Waals surface area contributed by atoms with Gasteiger partial charge in [0.1, 0.15) is 12.1 Å². The third-order valence-electron chi connectivity index (χ3n) is 6.27. The van der Waals surface area contributed by atoms with Crippen LogP contribution < -0.4 is 0 Å². The molecule has 174 valence electrons. The summed E-state index contributed by atoms with van der Waals surface area (Å²) in [5.41, 5.74) is 0. The van der Waals surface area contributed by atoms with Gasteiger partial charge in [0.2, 0.25) is 6.23 Å². The van der Waals surface area contributed by atoms with Crippen molar-refractivity contribution < 1.29 is 23.2 Å². The molecule has 0 saturated carbocycles. The van der Waals surface area contributed by atoms with E-state index in [1.165, 1.54) is 83.5 Å². The Morgan fingerprint density at radius 1 is 0.933 bits per heavy atom. The van der Waals surface area contributed by atoms with Crippen LogP contribution in [-0.4, -0.2) is 34.2 Å². The predicted molar refractivity (Wildman–Crippen MR) is 118 cm³/mol. The van der Waals surface area contributed by atoms with E-state index in [9.17, 15) is 9.67 Å². The zero-order valence-corrected chi connectivity index (χ0v) is 19.8. The number of phosphoric acid groups is 1. The third-order valence-corrected chi connectivity index (χ3v) is 7.70. The van der Waals surface area contributed by atoms with E-state index in [1.807, 2.05) is 0 Å². The first-order valence-electron chi connectivity index (χ1n) is 12.2. The lowest BCUT2D eigenvalue weighted by atomic mass is 10.0. The molecule has 0 amide bonds. The van der Waals surface area contributed by atoms with Gasteiger partial charge in [-0.05, 0) is 13.3 Å². The minimum atomic E-state index is -3.41. The Labute approximate surface area is 182 Å². The smallest absolute Gasteiger partial charge is 0.374 e. The summed E-state index contributed by atoms with van der Waals surface area (Å²) in [7, 11) is -3.41. The van der Waals surface area contributed by atoms with Crippen LogP contribution in [0.1, 0.15) is 117 Å². The van der Waals surface area contributed by atoms with Crippen LogP contribution in [0.15, 0.2) is 4.99 Å². The molecule has 0 aromatic rings. The molecule has 7 nitrogen and oxygen atoms in total. The second kappa shape index (κ2) is 11.4. The van der Waals surface area contributed by atoms with E-state index < -0.39 is 26.2 Å². The standard InChI is InChI=1S/C22H41N2O5P/c1-3-4-5-6-7-8-9-10-11-12-13-14-15-16-17-18-20-23-22-21(24(20)19(2)25)27-30(26,28-22)29-22/h19,21,25H,3-18H2,1-2H3. The van der Waals surface area contributed by atoms with Gasteiger partial charge < -0.3 is 10.0 Å². The first-order chi connectivity index (χ1) is 14.5. The van der Waals surface area contributed by atoms with Gasteiger partial charge in [0, 0.05) is 6.42 Å². The van der Waals surface area contributed by atoms with Gasteiger partial charge in [0.05, 0.1) is 0 Å². The molecule has 0 radical (unpaired) electrons. The highest BCUT2D eigenvalue weighted by Gasteiger charge is 2.77. The third kappa shape index (κ3) is 6.07. The summed E-state index contributed by atoms with van der Waals surface area (Å²) in [5, 5.41) is 10.1. The van der Waals surface area contributed by atoms with Crippen molar-refractivity contribution in [3.8, 4) is 0 Å². The fourth-order valence-corrected chi connectivity index (χ4v) is 6.08. The summed E-state index contributed by atoms with van der Waals surface area (Å²) in [6.07, 6.45) is 19.1. The Hall–Kier alpha value is -0.460. The number of aliphatic hydroxyl groups excluding tert-OH is 1. The van der Waals surface area contributed by atoms with Crippen LogP contribution >= 0.6 is 7.82 Å². The summed E-state index contributed by atoms with van der Waals surface area (Å²) in [4.78, 5) is 6.08. The van der Waals surface area contributed by atoms with E-state index in [1.54, 1.807) is 11.8 Å². The number of hydrogen-bond donors (Lipinski definition) is 1. The summed E-state index contributed by atoms with van der Waals surface area (Å²) in [6.45, 7) is 3.92. The molecular weight excluding hydrogens is 403 g/mol. The lowest BCUT2D eigenvalue weighted by molar-refractivity contribution is -0.192. The van der Waals surface area contributed by atoms with Crippen LogP contribution in [0.5, 0.6) is 0 Å². The second-order valence-electron chi connectivity index (χ2n) is 8.99. The quantitative estimate of drug-likeness (QED) is 0.205. The highest BCUT2D eigenvalue weighted by molar-refractivity contribution is 7.50. The van der Waals surface area contributed by atoms with Gasteiger partial charge in [-0.3, -0.25) is 4.52 Å². The van der Waals surface area contributed by atoms with Crippen LogP contribution in [0.4, 0.5) is 0 Å². The Morgan fingerprint density at radius 3 is 1.87 bits per heavy atom. The number of nitrogens with zero attached hydrogens (tertiary/aromatic N) is 2. The molecule has 2 atom stereocenters. The molecular formula is C22H41N2O5P. The first kappa shape index (κ1) is 24.2. The van der Waals surface area contributed by atoms with E-state index in [-0.39, 0.29) is 0 Å². The number of phosphoric ester groups is 1. The Bertz CT molecular complexity index is 602. The van der Waals surface area contributed by atoms with Crippen LogP contribution in [0, 0.1) is 0 Å². The molecule has 3 fully saturated rings. The fourth-order valence-electron chi connectivity index (χ4n) is 4.60. The van der Waals surface area contributed by atoms with Crippen molar-refractivity contribution in [3.05, 3.63) is 0 Å². The molecule has 4 rings (SSSR count). The van der Waals surface area contributed by atoms with Crippen molar-refractivity contribution in [2.75, 3.05) is 0 Å². The molecule has 0 aliphatic carbocycles. The lowest BCUT2D eigenvalue weighted by Crippen LogP contribution is -2.49. The van der Waals surface area contributed by atoms with Crippen LogP contribution in [0.2, 0.25) is 0 Å². The van der Waals surface area contributed by atoms with Gasteiger partial charge in [-0.1, -0.05) is 96.8 Å². The fraction of sp³-hybridized carbons (Fsp3) is 0.955. The average Bonchev–Trinajstić information content (AvgIpc) is 3.22. The monoisotopic (exact) mass is 444 g/mol. The zero-order valence-electron chi connectivity index (χ0n) is 18.9. The molecule has 30 heavy (non-hydrogen) atoms. The molecule has 3 saturated heterocycles. The van der Waals surface area contributed by atoms with Gasteiger partial charge in [-0.2, -0.15) is 0 Å². The maximum Gasteiger partial charge on any atom is 0.485 e. The molecule has 0 aromatic heterocycles. The molecule has 2 bridgehead atoms. The largest absolute Gasteiger partial charge is 0.485 e. The van der Waals surface area contributed by atoms with E-state index >= 15 is 0 Å². The van der Waals surface area contributed by atoms with E-state index in [2.05, 4.69) is 11.9 Å². The average molecular weight is 445 g/mol. The normalized spacial score (nSPS) is 30.3. The predicted octanol–water partition coefficient (Wildman–Crippen LogP) is 6.47. The van der Waals surface area contributed by atoms with E-state index in [4.69, 9.17) is 13.6 Å². The van der Waals surface area contributed by atoms with Crippen molar-refractivity contribution in [1.29, 1.82) is 0 Å². The van der Waals surface area contributed by atoms with Gasteiger partial charge >= 0.3 is 13.7 Å². The van der Waals surface area contributed by atoms with E-state index in [0.717, 1.165) is 25.1 Å². The Balaban J connectivity index is 1.17. The van der Waals surface area contributed by atoms with Gasteiger partial charge in [-0.25, -0.2) is 18.6 Å². The maximum atomic E-state index is 11.8. The van der Waals surface area contributed by atoms with Gasteiger partial charge in [-0.15, -0.1) is 0 Å². The van der Waals surface area contributed by atoms with E-state index in [0.29, 0.717) is 0 Å². The second-order valence-corrected chi connectivity index (χ2v) is 10.5. The maximum absolute atomic E-state index is 11.8. The molecule has 4 aliphatic heterocycles. The highest BCUT2D eigenvalue weighted by Crippen LogP contribution is 2.76. The molecule has 2 unspecified atom stereocenters. The van der Waals surface area contributed by atoms with Crippen molar-refractivity contribution in [3.63, 3.8) is 0 Å². The van der Waals surface area contributed by atoms with Crippen molar-refractivity contribution in [1.82, 2.24) is 4.90 Å².